The minimum absolute atomic E-state index is 0.105. The summed E-state index contributed by atoms with van der Waals surface area (Å²) < 4.78 is 2.08. The van der Waals surface area contributed by atoms with Crippen molar-refractivity contribution in [2.24, 2.45) is 5.92 Å². The Morgan fingerprint density at radius 3 is 2.82 bits per heavy atom. The lowest BCUT2D eigenvalue weighted by atomic mass is 10.0. The number of nitrogens with one attached hydrogen (secondary N) is 2. The second kappa shape index (κ2) is 9.19. The molecule has 1 atom stereocenters. The molecule has 1 aliphatic carbocycles. The molecule has 0 saturated heterocycles. The van der Waals surface area contributed by atoms with Crippen molar-refractivity contribution >= 4 is 34.8 Å². The van der Waals surface area contributed by atoms with E-state index < -0.39 is 0 Å². The molecule has 1 unspecified atom stereocenters. The molecule has 3 aromatic heterocycles. The Hall–Kier alpha value is -3.45. The summed E-state index contributed by atoms with van der Waals surface area (Å²) in [5.74, 6) is 1.46. The van der Waals surface area contributed by atoms with Crippen LogP contribution in [0.25, 0.3) is 5.65 Å². The summed E-state index contributed by atoms with van der Waals surface area (Å²) in [5, 5.41) is 6.81. The number of rotatable bonds is 8. The fourth-order valence-electron chi connectivity index (χ4n) is 3.87. The molecule has 1 fully saturated rings. The fourth-order valence-corrected chi connectivity index (χ4v) is 4.08. The smallest absolute Gasteiger partial charge is 0.228 e. The topological polar surface area (TPSA) is 84.2 Å². The Bertz CT molecular complexity index is 1300. The standard InChI is InChI=1S/C25H25ClN6O/c1-16(9-17-3-2-4-20(26)10-17)25(33)31-23-11-22(28-15-29-23)27-12-21-14-32-13-19(18-5-6-18)7-8-24(32)30-21/h2-4,7-8,10-11,13-16,18H,5-6,9,12H2,1H3,(H2,27,28,29,31,33). The van der Waals surface area contributed by atoms with Crippen LogP contribution in [0.2, 0.25) is 5.02 Å². The number of hydrogen-bond donors (Lipinski definition) is 2. The molecule has 1 aliphatic rings. The van der Waals surface area contributed by atoms with E-state index in [0.29, 0.717) is 35.5 Å². The zero-order chi connectivity index (χ0) is 22.8. The average Bonchev–Trinajstić information content (AvgIpc) is 3.57. The first kappa shape index (κ1) is 21.4. The molecule has 168 valence electrons. The van der Waals surface area contributed by atoms with E-state index >= 15 is 0 Å². The molecular formula is C25H25ClN6O. The lowest BCUT2D eigenvalue weighted by Gasteiger charge is -2.12. The molecule has 5 rings (SSSR count). The van der Waals surface area contributed by atoms with Crippen LogP contribution in [0.3, 0.4) is 0 Å². The third kappa shape index (κ3) is 5.31. The Labute approximate surface area is 197 Å². The molecular weight excluding hydrogens is 436 g/mol. The average molecular weight is 461 g/mol. The van der Waals surface area contributed by atoms with Gasteiger partial charge in [0.15, 0.2) is 0 Å². The maximum absolute atomic E-state index is 12.6. The molecule has 1 amide bonds. The number of imidazole rings is 1. The van der Waals surface area contributed by atoms with Crippen LogP contribution in [0, 0.1) is 5.92 Å². The van der Waals surface area contributed by atoms with Crippen LogP contribution in [-0.4, -0.2) is 25.3 Å². The van der Waals surface area contributed by atoms with E-state index in [1.54, 1.807) is 6.07 Å². The van der Waals surface area contributed by atoms with Crippen LogP contribution < -0.4 is 10.6 Å². The molecule has 0 spiro atoms. The largest absolute Gasteiger partial charge is 0.364 e. The van der Waals surface area contributed by atoms with Crippen LogP contribution in [0.1, 0.15) is 42.5 Å². The number of halogens is 1. The van der Waals surface area contributed by atoms with Gasteiger partial charge in [-0.05, 0) is 54.5 Å². The second-order valence-electron chi connectivity index (χ2n) is 8.60. The summed E-state index contributed by atoms with van der Waals surface area (Å²) in [5.41, 5.74) is 4.25. The number of carbonyl (C=O) groups excluding carboxylic acids is 1. The first-order valence-electron chi connectivity index (χ1n) is 11.1. The lowest BCUT2D eigenvalue weighted by Crippen LogP contribution is -2.22. The van der Waals surface area contributed by atoms with Crippen molar-refractivity contribution in [2.45, 2.75) is 38.6 Å². The number of aromatic nitrogens is 4. The highest BCUT2D eigenvalue weighted by Crippen LogP contribution is 2.39. The summed E-state index contributed by atoms with van der Waals surface area (Å²) in [4.78, 5) is 25.7. The van der Waals surface area contributed by atoms with Gasteiger partial charge in [-0.3, -0.25) is 4.79 Å². The number of carbonyl (C=O) groups is 1. The molecule has 7 nitrogen and oxygen atoms in total. The van der Waals surface area contributed by atoms with Gasteiger partial charge in [0.05, 0.1) is 12.2 Å². The van der Waals surface area contributed by atoms with Crippen molar-refractivity contribution in [1.29, 1.82) is 0 Å². The third-order valence-electron chi connectivity index (χ3n) is 5.82. The summed E-state index contributed by atoms with van der Waals surface area (Å²) in [6.45, 7) is 2.41. The van der Waals surface area contributed by atoms with Gasteiger partial charge < -0.3 is 15.0 Å². The summed E-state index contributed by atoms with van der Waals surface area (Å²) in [6, 6.07) is 13.5. The van der Waals surface area contributed by atoms with E-state index in [9.17, 15) is 4.79 Å². The molecule has 1 aromatic carbocycles. The minimum Gasteiger partial charge on any atom is -0.364 e. The zero-order valence-corrected chi connectivity index (χ0v) is 19.1. The van der Waals surface area contributed by atoms with Crippen molar-refractivity contribution in [3.63, 3.8) is 0 Å². The monoisotopic (exact) mass is 460 g/mol. The van der Waals surface area contributed by atoms with E-state index in [1.165, 1.54) is 24.7 Å². The Morgan fingerprint density at radius 1 is 1.15 bits per heavy atom. The van der Waals surface area contributed by atoms with E-state index in [4.69, 9.17) is 11.6 Å². The van der Waals surface area contributed by atoms with Gasteiger partial charge in [0.25, 0.3) is 0 Å². The molecule has 2 N–H and O–H groups in total. The van der Waals surface area contributed by atoms with Crippen LogP contribution in [0.4, 0.5) is 11.6 Å². The summed E-state index contributed by atoms with van der Waals surface area (Å²) in [6.07, 6.45) is 8.80. The van der Waals surface area contributed by atoms with Crippen molar-refractivity contribution in [1.82, 2.24) is 19.4 Å². The maximum atomic E-state index is 12.6. The molecule has 0 bridgehead atoms. The number of hydrogen-bond acceptors (Lipinski definition) is 5. The first-order valence-corrected chi connectivity index (χ1v) is 11.5. The molecule has 3 heterocycles. The van der Waals surface area contributed by atoms with Gasteiger partial charge in [-0.25, -0.2) is 15.0 Å². The highest BCUT2D eigenvalue weighted by atomic mass is 35.5. The Kier molecular flexibility index (Phi) is 5.96. The van der Waals surface area contributed by atoms with E-state index in [0.717, 1.165) is 16.9 Å². The number of amides is 1. The van der Waals surface area contributed by atoms with Gasteiger partial charge in [-0.15, -0.1) is 0 Å². The van der Waals surface area contributed by atoms with E-state index in [1.807, 2.05) is 37.4 Å². The van der Waals surface area contributed by atoms with Crippen LogP contribution >= 0.6 is 11.6 Å². The van der Waals surface area contributed by atoms with E-state index in [2.05, 4.69) is 48.3 Å². The highest BCUT2D eigenvalue weighted by Gasteiger charge is 2.23. The fraction of sp³-hybridized carbons (Fsp3) is 0.280. The second-order valence-corrected chi connectivity index (χ2v) is 9.04. The van der Waals surface area contributed by atoms with Crippen LogP contribution in [-0.2, 0) is 17.8 Å². The van der Waals surface area contributed by atoms with Gasteiger partial charge >= 0.3 is 0 Å². The van der Waals surface area contributed by atoms with Crippen LogP contribution in [0.5, 0.6) is 0 Å². The minimum atomic E-state index is -0.228. The number of fused-ring (bicyclic) bond motifs is 1. The van der Waals surface area contributed by atoms with Gasteiger partial charge in [-0.2, -0.15) is 0 Å². The third-order valence-corrected chi connectivity index (χ3v) is 6.06. The number of nitrogens with zero attached hydrogens (tertiary/aromatic N) is 4. The quantitative estimate of drug-likeness (QED) is 0.383. The van der Waals surface area contributed by atoms with Crippen molar-refractivity contribution in [3.8, 4) is 0 Å². The zero-order valence-electron chi connectivity index (χ0n) is 18.3. The van der Waals surface area contributed by atoms with E-state index in [-0.39, 0.29) is 11.8 Å². The van der Waals surface area contributed by atoms with Gasteiger partial charge in [-0.1, -0.05) is 36.7 Å². The normalized spacial score (nSPS) is 14.2. The summed E-state index contributed by atoms with van der Waals surface area (Å²) in [7, 11) is 0. The Balaban J connectivity index is 1.19. The Morgan fingerprint density at radius 2 is 2.00 bits per heavy atom. The first-order chi connectivity index (χ1) is 16.0. The molecule has 0 aliphatic heterocycles. The number of anilines is 2. The molecule has 33 heavy (non-hydrogen) atoms. The van der Waals surface area contributed by atoms with Gasteiger partial charge in [0.2, 0.25) is 5.91 Å². The highest BCUT2D eigenvalue weighted by molar-refractivity contribution is 6.30. The van der Waals surface area contributed by atoms with Crippen LogP contribution in [0.15, 0.2) is 61.2 Å². The van der Waals surface area contributed by atoms with Gasteiger partial charge in [0.1, 0.15) is 23.6 Å². The number of benzene rings is 1. The van der Waals surface area contributed by atoms with Gasteiger partial charge in [0, 0.05) is 29.4 Å². The predicted molar refractivity (Wildman–Crippen MR) is 129 cm³/mol. The van der Waals surface area contributed by atoms with Crippen molar-refractivity contribution in [3.05, 3.63) is 83.0 Å². The predicted octanol–water partition coefficient (Wildman–Crippen LogP) is 5.08. The molecule has 0 radical (unpaired) electrons. The molecule has 4 aromatic rings. The summed E-state index contributed by atoms with van der Waals surface area (Å²) >= 11 is 6.04. The SMILES string of the molecule is CC(Cc1cccc(Cl)c1)C(=O)Nc1cc(NCc2cn3cc(C4CC4)ccc3n2)ncn1. The lowest BCUT2D eigenvalue weighted by molar-refractivity contribution is -0.119. The molecule has 1 saturated carbocycles. The number of pyridine rings is 1. The van der Waals surface area contributed by atoms with Crippen molar-refractivity contribution < 1.29 is 4.79 Å². The maximum Gasteiger partial charge on any atom is 0.228 e. The van der Waals surface area contributed by atoms with Crippen molar-refractivity contribution in [2.75, 3.05) is 10.6 Å². The molecule has 8 heteroatoms.